The molecule has 1 aromatic heterocycles. The number of thiophene rings is 1. The van der Waals surface area contributed by atoms with Crippen molar-refractivity contribution in [2.45, 2.75) is 18.6 Å². The largest absolute Gasteiger partial charge is 0.506 e. The van der Waals surface area contributed by atoms with Crippen LogP contribution in [0, 0.1) is 0 Å². The summed E-state index contributed by atoms with van der Waals surface area (Å²) >= 11 is 1.59. The first-order valence-corrected chi connectivity index (χ1v) is 9.91. The topological polar surface area (TPSA) is 97.3 Å². The van der Waals surface area contributed by atoms with E-state index in [4.69, 9.17) is 19.3 Å². The van der Waals surface area contributed by atoms with Gasteiger partial charge in [0, 0.05) is 12.3 Å². The number of phenolic OH excluding ortho intramolecular Hbond substituents is 1. The number of amides is 1. The highest BCUT2D eigenvalue weighted by Crippen LogP contribution is 2.33. The first kappa shape index (κ1) is 20.3. The summed E-state index contributed by atoms with van der Waals surface area (Å²) in [6.07, 6.45) is 1.75. The lowest BCUT2D eigenvalue weighted by Crippen LogP contribution is -2.30. The van der Waals surface area contributed by atoms with Crippen LogP contribution in [0.1, 0.15) is 17.9 Å². The van der Waals surface area contributed by atoms with Gasteiger partial charge in [-0.2, -0.15) is 11.3 Å². The van der Waals surface area contributed by atoms with Crippen LogP contribution < -0.4 is 5.32 Å². The summed E-state index contributed by atoms with van der Waals surface area (Å²) in [5, 5.41) is 25.3. The van der Waals surface area contributed by atoms with Crippen LogP contribution in [-0.2, 0) is 19.0 Å². The molecule has 0 spiro atoms. The predicted octanol–water partition coefficient (Wildman–Crippen LogP) is 2.83. The molecule has 0 unspecified atom stereocenters. The maximum absolute atomic E-state index is 12.7. The molecule has 2 heterocycles. The first-order valence-electron chi connectivity index (χ1n) is 8.97. The van der Waals surface area contributed by atoms with Crippen molar-refractivity contribution in [3.05, 3.63) is 58.5 Å². The number of aliphatic hydroxyl groups excluding tert-OH is 1. The number of anilines is 1. The average Bonchev–Trinajstić information content (AvgIpc) is 3.24. The molecule has 0 radical (unpaired) electrons. The molecular weight excluding hydrogens is 382 g/mol. The van der Waals surface area contributed by atoms with E-state index in [2.05, 4.69) is 5.32 Å². The highest BCUT2D eigenvalue weighted by Gasteiger charge is 2.29. The summed E-state index contributed by atoms with van der Waals surface area (Å²) < 4.78 is 16.6. The quantitative estimate of drug-likeness (QED) is 0.438. The maximum Gasteiger partial charge on any atom is 0.290 e. The number of hydrogen-bond donors (Lipinski definition) is 3. The second kappa shape index (κ2) is 10.2. The number of ether oxygens (including phenoxy) is 3. The monoisotopic (exact) mass is 405 g/mol. The Labute approximate surface area is 167 Å². The van der Waals surface area contributed by atoms with E-state index in [-0.39, 0.29) is 37.2 Å². The Kier molecular flexibility index (Phi) is 7.44. The Balaban J connectivity index is 1.68. The van der Waals surface area contributed by atoms with Gasteiger partial charge in [-0.1, -0.05) is 12.1 Å². The summed E-state index contributed by atoms with van der Waals surface area (Å²) in [6.45, 7) is 0.822. The number of carbonyl (C=O) groups excluding carboxylic acids is 1. The van der Waals surface area contributed by atoms with Crippen molar-refractivity contribution in [3.8, 4) is 5.75 Å². The van der Waals surface area contributed by atoms with Crippen molar-refractivity contribution in [2.24, 2.45) is 0 Å². The minimum atomic E-state index is -0.599. The van der Waals surface area contributed by atoms with Crippen molar-refractivity contribution >= 4 is 22.9 Å². The number of phenols is 1. The van der Waals surface area contributed by atoms with Crippen LogP contribution in [0.4, 0.5) is 5.69 Å². The zero-order valence-electron chi connectivity index (χ0n) is 15.2. The Morgan fingerprint density at radius 3 is 2.86 bits per heavy atom. The summed E-state index contributed by atoms with van der Waals surface area (Å²) in [7, 11) is 0. The normalized spacial score (nSPS) is 19.0. The zero-order chi connectivity index (χ0) is 19.8. The van der Waals surface area contributed by atoms with Crippen molar-refractivity contribution in [3.63, 3.8) is 0 Å². The van der Waals surface area contributed by atoms with Gasteiger partial charge in [0.15, 0.2) is 5.76 Å². The van der Waals surface area contributed by atoms with Gasteiger partial charge in [0.1, 0.15) is 5.75 Å². The Morgan fingerprint density at radius 2 is 2.11 bits per heavy atom. The molecule has 1 aliphatic rings. The van der Waals surface area contributed by atoms with Crippen LogP contribution in [0.5, 0.6) is 5.75 Å². The van der Waals surface area contributed by atoms with Crippen LogP contribution in [0.2, 0.25) is 0 Å². The smallest absolute Gasteiger partial charge is 0.290 e. The lowest BCUT2D eigenvalue weighted by Gasteiger charge is -2.29. The lowest BCUT2D eigenvalue weighted by molar-refractivity contribution is -0.148. The molecule has 150 valence electrons. The predicted molar refractivity (Wildman–Crippen MR) is 105 cm³/mol. The molecule has 2 atom stereocenters. The molecule has 0 aliphatic carbocycles. The van der Waals surface area contributed by atoms with Gasteiger partial charge in [-0.25, -0.2) is 0 Å². The van der Waals surface area contributed by atoms with E-state index >= 15 is 0 Å². The molecule has 3 rings (SSSR count). The number of rotatable bonds is 9. The van der Waals surface area contributed by atoms with Gasteiger partial charge < -0.3 is 29.7 Å². The van der Waals surface area contributed by atoms with E-state index < -0.39 is 12.2 Å². The van der Waals surface area contributed by atoms with Crippen LogP contribution >= 0.6 is 11.3 Å². The molecule has 1 aliphatic heterocycles. The van der Waals surface area contributed by atoms with Crippen molar-refractivity contribution in [2.75, 3.05) is 31.7 Å². The van der Waals surface area contributed by atoms with Gasteiger partial charge in [-0.05, 0) is 40.6 Å². The van der Waals surface area contributed by atoms with E-state index in [9.17, 15) is 9.90 Å². The second-order valence-electron chi connectivity index (χ2n) is 6.16. The van der Waals surface area contributed by atoms with Gasteiger partial charge in [0.2, 0.25) is 6.29 Å². The van der Waals surface area contributed by atoms with Gasteiger partial charge in [-0.15, -0.1) is 0 Å². The standard InChI is InChI=1S/C20H23NO6S/c22-6-7-25-8-9-26-19-12-15(14-5-10-28-13-14)11-18(27-19)20(24)21-16-3-1-2-4-17(16)23/h1-5,10-11,13,15,19,22-23H,6-9,12H2,(H,21,24)/t15-,19+/m1/s1. The van der Waals surface area contributed by atoms with E-state index in [0.717, 1.165) is 5.56 Å². The molecule has 2 aromatic rings. The number of aromatic hydroxyl groups is 1. The fourth-order valence-corrected chi connectivity index (χ4v) is 3.53. The van der Waals surface area contributed by atoms with Crippen LogP contribution in [0.3, 0.4) is 0 Å². The maximum atomic E-state index is 12.7. The van der Waals surface area contributed by atoms with Crippen LogP contribution in [0.15, 0.2) is 52.9 Å². The molecule has 0 bridgehead atoms. The van der Waals surface area contributed by atoms with Gasteiger partial charge in [-0.3, -0.25) is 4.79 Å². The Morgan fingerprint density at radius 1 is 1.25 bits per heavy atom. The van der Waals surface area contributed by atoms with Gasteiger partial charge in [0.05, 0.1) is 32.1 Å². The highest BCUT2D eigenvalue weighted by atomic mass is 32.1. The number of benzene rings is 1. The summed E-state index contributed by atoms with van der Waals surface area (Å²) in [6, 6.07) is 8.52. The van der Waals surface area contributed by atoms with E-state index in [0.29, 0.717) is 18.7 Å². The molecular formula is C20H23NO6S. The number of hydrogen-bond acceptors (Lipinski definition) is 7. The first-order chi connectivity index (χ1) is 13.7. The fraction of sp³-hybridized carbons (Fsp3) is 0.350. The number of nitrogens with one attached hydrogen (secondary N) is 1. The third-order valence-electron chi connectivity index (χ3n) is 4.17. The summed E-state index contributed by atoms with van der Waals surface area (Å²) in [5.41, 5.74) is 1.40. The number of allylic oxidation sites excluding steroid dienone is 1. The van der Waals surface area contributed by atoms with E-state index in [1.807, 2.05) is 16.8 Å². The second-order valence-corrected chi connectivity index (χ2v) is 6.94. The van der Waals surface area contributed by atoms with Crippen molar-refractivity contribution in [1.29, 1.82) is 0 Å². The fourth-order valence-electron chi connectivity index (χ4n) is 2.81. The summed E-state index contributed by atoms with van der Waals surface area (Å²) in [4.78, 5) is 12.7. The molecule has 1 amide bonds. The van der Waals surface area contributed by atoms with Crippen LogP contribution in [-0.4, -0.2) is 48.8 Å². The van der Waals surface area contributed by atoms with E-state index in [1.54, 1.807) is 35.6 Å². The molecule has 1 aromatic carbocycles. The minimum absolute atomic E-state index is 0.0181. The Hall–Kier alpha value is -2.39. The SMILES string of the molecule is O=C(Nc1ccccc1O)C1=C[C@@H](c2ccsc2)C[C@@H](OCCOCCO)O1. The van der Waals surface area contributed by atoms with Gasteiger partial charge in [0.25, 0.3) is 5.91 Å². The molecule has 0 saturated carbocycles. The third kappa shape index (κ3) is 5.56. The van der Waals surface area contributed by atoms with Crippen molar-refractivity contribution < 1.29 is 29.2 Å². The molecule has 28 heavy (non-hydrogen) atoms. The highest BCUT2D eigenvalue weighted by molar-refractivity contribution is 7.08. The third-order valence-corrected chi connectivity index (χ3v) is 4.87. The van der Waals surface area contributed by atoms with Crippen LogP contribution in [0.25, 0.3) is 0 Å². The molecule has 8 heteroatoms. The zero-order valence-corrected chi connectivity index (χ0v) is 16.1. The Bertz CT molecular complexity index is 792. The molecule has 3 N–H and O–H groups in total. The number of carbonyl (C=O) groups is 1. The van der Waals surface area contributed by atoms with Crippen molar-refractivity contribution in [1.82, 2.24) is 0 Å². The molecule has 0 saturated heterocycles. The number of aliphatic hydroxyl groups is 1. The lowest BCUT2D eigenvalue weighted by atomic mass is 9.95. The van der Waals surface area contributed by atoms with Gasteiger partial charge >= 0.3 is 0 Å². The summed E-state index contributed by atoms with van der Waals surface area (Å²) in [5.74, 6) is -0.345. The number of para-hydroxylation sites is 2. The molecule has 7 nitrogen and oxygen atoms in total. The minimum Gasteiger partial charge on any atom is -0.506 e. The molecule has 0 fully saturated rings. The average molecular weight is 405 g/mol. The van der Waals surface area contributed by atoms with E-state index in [1.165, 1.54) is 6.07 Å².